The Morgan fingerprint density at radius 1 is 1.04 bits per heavy atom. The predicted octanol–water partition coefficient (Wildman–Crippen LogP) is 4.56. The summed E-state index contributed by atoms with van der Waals surface area (Å²) < 4.78 is 22.8. The van der Waals surface area contributed by atoms with Crippen LogP contribution >= 0.6 is 0 Å². The molecule has 23 heavy (non-hydrogen) atoms. The molecular formula is C19H38O4. The predicted molar refractivity (Wildman–Crippen MR) is 93.7 cm³/mol. The van der Waals surface area contributed by atoms with Crippen LogP contribution in [0.1, 0.15) is 72.6 Å². The summed E-state index contributed by atoms with van der Waals surface area (Å²) in [4.78, 5) is 0. The Bertz CT molecular complexity index is 273. The average molecular weight is 331 g/mol. The lowest BCUT2D eigenvalue weighted by molar-refractivity contribution is -0.232. The molecule has 0 radical (unpaired) electrons. The molecule has 0 aromatic heterocycles. The summed E-state index contributed by atoms with van der Waals surface area (Å²) >= 11 is 0. The van der Waals surface area contributed by atoms with Gasteiger partial charge in [-0.2, -0.15) is 0 Å². The molecule has 4 nitrogen and oxygen atoms in total. The molecular weight excluding hydrogens is 292 g/mol. The van der Waals surface area contributed by atoms with Crippen molar-refractivity contribution in [3.8, 4) is 0 Å². The van der Waals surface area contributed by atoms with Crippen LogP contribution in [0.3, 0.4) is 0 Å². The number of ether oxygens (including phenoxy) is 4. The summed E-state index contributed by atoms with van der Waals surface area (Å²) in [6.45, 7) is 12.1. The van der Waals surface area contributed by atoms with Gasteiger partial charge in [-0.15, -0.1) is 0 Å². The molecule has 1 saturated heterocycles. The van der Waals surface area contributed by atoms with Crippen molar-refractivity contribution in [2.45, 2.75) is 84.5 Å². The summed E-state index contributed by atoms with van der Waals surface area (Å²) in [5.74, 6) is -0.00436. The minimum atomic E-state index is -0.489. The minimum absolute atomic E-state index is 0.338. The van der Waals surface area contributed by atoms with Gasteiger partial charge in [0.05, 0.1) is 13.2 Å². The number of unbranched alkanes of at least 4 members (excludes halogenated alkanes) is 4. The van der Waals surface area contributed by atoms with Crippen molar-refractivity contribution in [2.24, 2.45) is 5.92 Å². The first-order valence-corrected chi connectivity index (χ1v) is 9.60. The normalized spacial score (nSPS) is 19.0. The topological polar surface area (TPSA) is 40.2 Å². The van der Waals surface area contributed by atoms with Crippen LogP contribution < -0.4 is 0 Å². The fourth-order valence-electron chi connectivity index (χ4n) is 3.11. The summed E-state index contributed by atoms with van der Waals surface area (Å²) in [7, 11) is 0. The maximum Gasteiger partial charge on any atom is 0.165 e. The molecule has 0 saturated carbocycles. The summed E-state index contributed by atoms with van der Waals surface area (Å²) in [5, 5.41) is 0. The van der Waals surface area contributed by atoms with Crippen LogP contribution in [-0.2, 0) is 18.9 Å². The third kappa shape index (κ3) is 10.3. The SMILES string of the molecule is CCCCCCCC(COCC1CO1)CC(C)(OCC)OCC. The highest BCUT2D eigenvalue weighted by Gasteiger charge is 2.30. The first kappa shape index (κ1) is 20.9. The van der Waals surface area contributed by atoms with E-state index in [2.05, 4.69) is 13.8 Å². The van der Waals surface area contributed by atoms with Crippen molar-refractivity contribution in [1.29, 1.82) is 0 Å². The highest BCUT2D eigenvalue weighted by atomic mass is 16.7. The zero-order valence-electron chi connectivity index (χ0n) is 15.8. The van der Waals surface area contributed by atoms with Crippen molar-refractivity contribution in [3.05, 3.63) is 0 Å². The number of hydrogen-bond donors (Lipinski definition) is 0. The molecule has 1 rings (SSSR count). The van der Waals surface area contributed by atoms with E-state index in [0.717, 1.165) is 26.2 Å². The van der Waals surface area contributed by atoms with Gasteiger partial charge in [0.1, 0.15) is 6.10 Å². The minimum Gasteiger partial charge on any atom is -0.378 e. The fourth-order valence-corrected chi connectivity index (χ4v) is 3.11. The summed E-state index contributed by atoms with van der Waals surface area (Å²) in [6.07, 6.45) is 8.98. The van der Waals surface area contributed by atoms with Gasteiger partial charge < -0.3 is 18.9 Å². The zero-order chi connectivity index (χ0) is 17.0. The van der Waals surface area contributed by atoms with Gasteiger partial charge >= 0.3 is 0 Å². The van der Waals surface area contributed by atoms with Gasteiger partial charge in [0.2, 0.25) is 0 Å². The Morgan fingerprint density at radius 2 is 1.70 bits per heavy atom. The zero-order valence-corrected chi connectivity index (χ0v) is 15.8. The lowest BCUT2D eigenvalue weighted by atomic mass is 9.94. The number of epoxide rings is 1. The van der Waals surface area contributed by atoms with Gasteiger partial charge in [-0.1, -0.05) is 39.0 Å². The van der Waals surface area contributed by atoms with E-state index >= 15 is 0 Å². The van der Waals surface area contributed by atoms with Gasteiger partial charge in [-0.25, -0.2) is 0 Å². The Balaban J connectivity index is 2.38. The summed E-state index contributed by atoms with van der Waals surface area (Å²) in [5.41, 5.74) is 0. The molecule has 2 atom stereocenters. The first-order valence-electron chi connectivity index (χ1n) is 9.60. The van der Waals surface area contributed by atoms with Crippen molar-refractivity contribution >= 4 is 0 Å². The maximum absolute atomic E-state index is 5.88. The second kappa shape index (κ2) is 12.2. The molecule has 0 spiro atoms. The van der Waals surface area contributed by atoms with E-state index in [0.29, 0.717) is 25.2 Å². The van der Waals surface area contributed by atoms with Crippen molar-refractivity contribution < 1.29 is 18.9 Å². The van der Waals surface area contributed by atoms with Crippen LogP contribution in [0.2, 0.25) is 0 Å². The van der Waals surface area contributed by atoms with Crippen LogP contribution in [-0.4, -0.2) is 44.9 Å². The van der Waals surface area contributed by atoms with Gasteiger partial charge in [0, 0.05) is 26.2 Å². The molecule has 0 amide bonds. The van der Waals surface area contributed by atoms with Crippen LogP contribution in [0.15, 0.2) is 0 Å². The molecule has 0 N–H and O–H groups in total. The highest BCUT2D eigenvalue weighted by molar-refractivity contribution is 4.73. The molecule has 0 bridgehead atoms. The van der Waals surface area contributed by atoms with Crippen molar-refractivity contribution in [3.63, 3.8) is 0 Å². The smallest absolute Gasteiger partial charge is 0.165 e. The third-order valence-corrected chi connectivity index (χ3v) is 4.33. The highest BCUT2D eigenvalue weighted by Crippen LogP contribution is 2.27. The van der Waals surface area contributed by atoms with Gasteiger partial charge in [0.15, 0.2) is 5.79 Å². The van der Waals surface area contributed by atoms with Gasteiger partial charge in [0.25, 0.3) is 0 Å². The number of hydrogen-bond acceptors (Lipinski definition) is 4. The second-order valence-electron chi connectivity index (χ2n) is 6.77. The Kier molecular flexibility index (Phi) is 11.1. The van der Waals surface area contributed by atoms with E-state index < -0.39 is 5.79 Å². The Hall–Kier alpha value is -0.160. The molecule has 1 aliphatic heterocycles. The Labute approximate surface area is 143 Å². The van der Waals surface area contributed by atoms with Gasteiger partial charge in [-0.05, 0) is 33.1 Å². The average Bonchev–Trinajstić information content (AvgIpc) is 3.31. The molecule has 0 aromatic carbocycles. The van der Waals surface area contributed by atoms with E-state index in [1.54, 1.807) is 0 Å². The van der Waals surface area contributed by atoms with Crippen LogP contribution in [0.5, 0.6) is 0 Å². The lowest BCUT2D eigenvalue weighted by Crippen LogP contribution is -2.36. The third-order valence-electron chi connectivity index (χ3n) is 4.33. The first-order chi connectivity index (χ1) is 11.1. The molecule has 0 aliphatic carbocycles. The van der Waals surface area contributed by atoms with E-state index in [1.165, 1.54) is 38.5 Å². The molecule has 1 aliphatic rings. The van der Waals surface area contributed by atoms with Crippen molar-refractivity contribution in [1.82, 2.24) is 0 Å². The Morgan fingerprint density at radius 3 is 2.26 bits per heavy atom. The monoisotopic (exact) mass is 330 g/mol. The van der Waals surface area contributed by atoms with Crippen LogP contribution in [0.4, 0.5) is 0 Å². The van der Waals surface area contributed by atoms with Gasteiger partial charge in [-0.3, -0.25) is 0 Å². The number of rotatable bonds is 16. The second-order valence-corrected chi connectivity index (χ2v) is 6.77. The molecule has 138 valence electrons. The standard InChI is InChI=1S/C19H38O4/c1-5-8-9-10-11-12-17(14-20-15-18-16-21-18)13-19(4,22-6-2)23-7-3/h17-18H,5-16H2,1-4H3. The molecule has 0 aromatic rings. The van der Waals surface area contributed by atoms with E-state index in [4.69, 9.17) is 18.9 Å². The van der Waals surface area contributed by atoms with Crippen LogP contribution in [0.25, 0.3) is 0 Å². The fraction of sp³-hybridized carbons (Fsp3) is 1.00. The lowest BCUT2D eigenvalue weighted by Gasteiger charge is -2.33. The van der Waals surface area contributed by atoms with E-state index in [1.807, 2.05) is 13.8 Å². The van der Waals surface area contributed by atoms with Crippen molar-refractivity contribution in [2.75, 3.05) is 33.0 Å². The van der Waals surface area contributed by atoms with E-state index in [9.17, 15) is 0 Å². The molecule has 1 heterocycles. The summed E-state index contributed by atoms with van der Waals surface area (Å²) in [6, 6.07) is 0. The maximum atomic E-state index is 5.88. The molecule has 2 unspecified atom stereocenters. The van der Waals surface area contributed by atoms with E-state index in [-0.39, 0.29) is 0 Å². The molecule has 4 heteroatoms. The quantitative estimate of drug-likeness (QED) is 0.236. The van der Waals surface area contributed by atoms with Crippen LogP contribution in [0, 0.1) is 5.92 Å². The largest absolute Gasteiger partial charge is 0.378 e. The molecule has 1 fully saturated rings.